The number of benzene rings is 2. The molecule has 1 amide bonds. The van der Waals surface area contributed by atoms with Gasteiger partial charge in [-0.3, -0.25) is 9.36 Å². The molecule has 0 aliphatic carbocycles. The molecule has 2 aromatic carbocycles. The van der Waals surface area contributed by atoms with E-state index < -0.39 is 11.6 Å². The Morgan fingerprint density at radius 2 is 1.89 bits per heavy atom. The number of hydrogen-bond donors (Lipinski definition) is 1. The molecule has 0 aliphatic heterocycles. The molecule has 0 radical (unpaired) electrons. The van der Waals surface area contributed by atoms with Crippen molar-refractivity contribution in [2.24, 2.45) is 0 Å². The van der Waals surface area contributed by atoms with Crippen molar-refractivity contribution in [3.8, 4) is 11.4 Å². The summed E-state index contributed by atoms with van der Waals surface area (Å²) in [4.78, 5) is 12.1. The van der Waals surface area contributed by atoms with E-state index in [9.17, 15) is 13.6 Å². The van der Waals surface area contributed by atoms with E-state index in [2.05, 4.69) is 15.5 Å². The first-order chi connectivity index (χ1) is 13.0. The molecule has 0 bridgehead atoms. The first-order valence-corrected chi connectivity index (χ1v) is 8.90. The Morgan fingerprint density at radius 3 is 2.56 bits per heavy atom. The monoisotopic (exact) mass is 390 g/mol. The fourth-order valence-electron chi connectivity index (χ4n) is 2.37. The average molecular weight is 390 g/mol. The number of halogens is 2. The van der Waals surface area contributed by atoms with Gasteiger partial charge in [-0.1, -0.05) is 11.8 Å². The summed E-state index contributed by atoms with van der Waals surface area (Å²) in [5.41, 5.74) is 1.02. The van der Waals surface area contributed by atoms with Crippen molar-refractivity contribution < 1.29 is 18.3 Å². The number of nitrogens with zero attached hydrogens (tertiary/aromatic N) is 3. The Kier molecular flexibility index (Phi) is 5.70. The largest absolute Gasteiger partial charge is 0.497 e. The summed E-state index contributed by atoms with van der Waals surface area (Å²) in [6.45, 7) is 1.81. The molecule has 0 saturated heterocycles. The van der Waals surface area contributed by atoms with Crippen LogP contribution in [0.15, 0.2) is 47.6 Å². The smallest absolute Gasteiger partial charge is 0.234 e. The SMILES string of the molecule is COc1ccc(-n2c(C)nnc2SCC(=O)Nc2ccc(F)c(F)c2)cc1. The maximum atomic E-state index is 13.2. The highest BCUT2D eigenvalue weighted by Gasteiger charge is 2.14. The molecule has 140 valence electrons. The topological polar surface area (TPSA) is 69.0 Å². The molecular weight excluding hydrogens is 374 g/mol. The number of nitrogens with one attached hydrogen (secondary N) is 1. The number of rotatable bonds is 6. The second kappa shape index (κ2) is 8.17. The number of hydrogen-bond acceptors (Lipinski definition) is 5. The van der Waals surface area contributed by atoms with Crippen molar-refractivity contribution in [2.75, 3.05) is 18.2 Å². The van der Waals surface area contributed by atoms with Crippen molar-refractivity contribution in [3.63, 3.8) is 0 Å². The van der Waals surface area contributed by atoms with Crippen LogP contribution in [0.2, 0.25) is 0 Å². The van der Waals surface area contributed by atoms with Crippen molar-refractivity contribution in [2.45, 2.75) is 12.1 Å². The summed E-state index contributed by atoms with van der Waals surface area (Å²) < 4.78 is 33.1. The third kappa shape index (κ3) is 4.43. The maximum absolute atomic E-state index is 13.2. The minimum Gasteiger partial charge on any atom is -0.497 e. The zero-order chi connectivity index (χ0) is 19.4. The van der Waals surface area contributed by atoms with Crippen LogP contribution in [0.1, 0.15) is 5.82 Å². The van der Waals surface area contributed by atoms with Crippen molar-refractivity contribution >= 4 is 23.4 Å². The molecule has 6 nitrogen and oxygen atoms in total. The zero-order valence-corrected chi connectivity index (χ0v) is 15.4. The highest BCUT2D eigenvalue weighted by atomic mass is 32.2. The molecule has 0 saturated carbocycles. The van der Waals surface area contributed by atoms with Crippen LogP contribution < -0.4 is 10.1 Å². The van der Waals surface area contributed by atoms with Crippen LogP contribution in [0, 0.1) is 18.6 Å². The van der Waals surface area contributed by atoms with E-state index in [0.29, 0.717) is 11.0 Å². The summed E-state index contributed by atoms with van der Waals surface area (Å²) in [6.07, 6.45) is 0. The molecule has 0 spiro atoms. The van der Waals surface area contributed by atoms with Crippen LogP contribution >= 0.6 is 11.8 Å². The number of thioether (sulfide) groups is 1. The van der Waals surface area contributed by atoms with Crippen LogP contribution in [0.25, 0.3) is 5.69 Å². The average Bonchev–Trinajstić information content (AvgIpc) is 3.03. The summed E-state index contributed by atoms with van der Waals surface area (Å²) >= 11 is 1.19. The molecule has 9 heteroatoms. The van der Waals surface area contributed by atoms with E-state index in [-0.39, 0.29) is 17.3 Å². The Bertz CT molecular complexity index is 960. The molecule has 0 aliphatic rings. The van der Waals surface area contributed by atoms with E-state index >= 15 is 0 Å². The number of methoxy groups -OCH3 is 1. The zero-order valence-electron chi connectivity index (χ0n) is 14.6. The van der Waals surface area contributed by atoms with E-state index in [1.807, 2.05) is 35.8 Å². The van der Waals surface area contributed by atoms with Gasteiger partial charge < -0.3 is 10.1 Å². The van der Waals surface area contributed by atoms with Crippen molar-refractivity contribution in [1.29, 1.82) is 0 Å². The molecule has 27 heavy (non-hydrogen) atoms. The van der Waals surface area contributed by atoms with E-state index in [1.165, 1.54) is 17.8 Å². The standard InChI is InChI=1S/C18H16F2N4O2S/c1-11-22-23-18(24(11)13-4-6-14(26-2)7-5-13)27-10-17(25)21-12-3-8-15(19)16(20)9-12/h3-9H,10H2,1-2H3,(H,21,25). The number of aromatic nitrogens is 3. The highest BCUT2D eigenvalue weighted by Crippen LogP contribution is 2.23. The lowest BCUT2D eigenvalue weighted by Crippen LogP contribution is -2.15. The first-order valence-electron chi connectivity index (χ1n) is 7.92. The predicted molar refractivity (Wildman–Crippen MR) is 98.4 cm³/mol. The minimum atomic E-state index is -1.02. The van der Waals surface area contributed by atoms with Crippen LogP contribution in [-0.2, 0) is 4.79 Å². The Labute approximate surface area is 158 Å². The number of anilines is 1. The fourth-order valence-corrected chi connectivity index (χ4v) is 3.16. The van der Waals surface area contributed by atoms with Gasteiger partial charge >= 0.3 is 0 Å². The summed E-state index contributed by atoms with van der Waals surface area (Å²) in [5, 5.41) is 11.2. The maximum Gasteiger partial charge on any atom is 0.234 e. The van der Waals surface area contributed by atoms with Gasteiger partial charge in [-0.15, -0.1) is 10.2 Å². The lowest BCUT2D eigenvalue weighted by molar-refractivity contribution is -0.113. The number of aryl methyl sites for hydroxylation is 1. The summed E-state index contributed by atoms with van der Waals surface area (Å²) in [7, 11) is 1.59. The van der Waals surface area contributed by atoms with Gasteiger partial charge in [0, 0.05) is 17.4 Å². The Balaban J connectivity index is 1.69. The van der Waals surface area contributed by atoms with Gasteiger partial charge in [0.05, 0.1) is 12.9 Å². The van der Waals surface area contributed by atoms with Gasteiger partial charge in [-0.2, -0.15) is 0 Å². The van der Waals surface area contributed by atoms with Gasteiger partial charge in [0.25, 0.3) is 0 Å². The normalized spacial score (nSPS) is 10.7. The Morgan fingerprint density at radius 1 is 1.15 bits per heavy atom. The van der Waals surface area contributed by atoms with Crippen LogP contribution in [0.5, 0.6) is 5.75 Å². The van der Waals surface area contributed by atoms with Crippen LogP contribution in [0.3, 0.4) is 0 Å². The molecular formula is C18H16F2N4O2S. The summed E-state index contributed by atoms with van der Waals surface area (Å²) in [5.74, 6) is -0.921. The second-order valence-electron chi connectivity index (χ2n) is 5.53. The van der Waals surface area contributed by atoms with E-state index in [4.69, 9.17) is 4.74 Å². The van der Waals surface area contributed by atoms with Crippen LogP contribution in [-0.4, -0.2) is 33.5 Å². The molecule has 1 aromatic heterocycles. The van der Waals surface area contributed by atoms with Gasteiger partial charge in [0.1, 0.15) is 11.6 Å². The molecule has 3 aromatic rings. The lowest BCUT2D eigenvalue weighted by atomic mass is 10.3. The number of carbonyl (C=O) groups is 1. The first kappa shape index (κ1) is 18.8. The van der Waals surface area contributed by atoms with Crippen molar-refractivity contribution in [3.05, 3.63) is 59.9 Å². The van der Waals surface area contributed by atoms with Gasteiger partial charge in [-0.05, 0) is 43.3 Å². The molecule has 0 atom stereocenters. The predicted octanol–water partition coefficient (Wildman–Crippen LogP) is 3.59. The number of amides is 1. The van der Waals surface area contributed by atoms with Gasteiger partial charge in [0.2, 0.25) is 5.91 Å². The minimum absolute atomic E-state index is 0.0350. The van der Waals surface area contributed by atoms with Gasteiger partial charge in [-0.25, -0.2) is 8.78 Å². The quantitative estimate of drug-likeness (QED) is 0.652. The van der Waals surface area contributed by atoms with E-state index in [0.717, 1.165) is 23.6 Å². The summed E-state index contributed by atoms with van der Waals surface area (Å²) in [6, 6.07) is 10.5. The van der Waals surface area contributed by atoms with E-state index in [1.54, 1.807) is 7.11 Å². The molecule has 1 heterocycles. The number of ether oxygens (including phenoxy) is 1. The molecule has 1 N–H and O–H groups in total. The number of carbonyl (C=O) groups excluding carboxylic acids is 1. The highest BCUT2D eigenvalue weighted by molar-refractivity contribution is 7.99. The van der Waals surface area contributed by atoms with Crippen LogP contribution in [0.4, 0.5) is 14.5 Å². The second-order valence-corrected chi connectivity index (χ2v) is 6.47. The van der Waals surface area contributed by atoms with Crippen molar-refractivity contribution in [1.82, 2.24) is 14.8 Å². The lowest BCUT2D eigenvalue weighted by Gasteiger charge is -2.09. The molecule has 0 unspecified atom stereocenters. The van der Waals surface area contributed by atoms with Gasteiger partial charge in [0.15, 0.2) is 16.8 Å². The fraction of sp³-hybridized carbons (Fsp3) is 0.167. The Hall–Kier alpha value is -2.94. The molecule has 3 rings (SSSR count). The third-order valence-electron chi connectivity index (χ3n) is 3.66. The third-order valence-corrected chi connectivity index (χ3v) is 4.59. The molecule has 0 fully saturated rings.